The smallest absolute Gasteiger partial charge is 0.354 e. The molecule has 1 aromatic carbocycles. The van der Waals surface area contributed by atoms with Crippen molar-refractivity contribution in [3.63, 3.8) is 0 Å². The molecule has 0 aliphatic heterocycles. The number of nitrogens with one attached hydrogen (secondary N) is 2. The van der Waals surface area contributed by atoms with Gasteiger partial charge in [0.15, 0.2) is 11.4 Å². The summed E-state index contributed by atoms with van der Waals surface area (Å²) in [4.78, 5) is 39.2. The topological polar surface area (TPSA) is 115 Å². The van der Waals surface area contributed by atoms with Gasteiger partial charge in [0, 0.05) is 19.5 Å². The molecular formula is C16H17N5O3. The van der Waals surface area contributed by atoms with E-state index in [4.69, 9.17) is 5.11 Å². The lowest BCUT2D eigenvalue weighted by molar-refractivity contribution is 0.0670. The zero-order chi connectivity index (χ0) is 17.1. The number of hydrogen-bond donors (Lipinski definition) is 3. The first kappa shape index (κ1) is 15.7. The van der Waals surface area contributed by atoms with Gasteiger partial charge in [0.05, 0.1) is 17.4 Å². The molecule has 0 saturated carbocycles. The highest BCUT2D eigenvalue weighted by Crippen LogP contribution is 2.12. The van der Waals surface area contributed by atoms with Gasteiger partial charge in [-0.3, -0.25) is 4.79 Å². The van der Waals surface area contributed by atoms with Crippen LogP contribution in [0.4, 0.5) is 0 Å². The quantitative estimate of drug-likeness (QED) is 0.637. The molecule has 3 N–H and O–H groups in total. The van der Waals surface area contributed by atoms with Crippen LogP contribution in [0.5, 0.6) is 0 Å². The number of carbonyl (C=O) groups is 2. The SMILES string of the molecule is CCN(CCc1nc2ccccc2[nH]1)C(=O)c1nc[nH]c1C(=O)O. The second kappa shape index (κ2) is 6.53. The number of aromatic carboxylic acids is 1. The maximum atomic E-state index is 12.5. The van der Waals surface area contributed by atoms with Gasteiger partial charge in [-0.15, -0.1) is 0 Å². The predicted octanol–water partition coefficient (Wildman–Crippen LogP) is 1.69. The molecule has 1 amide bonds. The van der Waals surface area contributed by atoms with E-state index in [9.17, 15) is 9.59 Å². The summed E-state index contributed by atoms with van der Waals surface area (Å²) >= 11 is 0. The zero-order valence-electron chi connectivity index (χ0n) is 13.1. The first-order valence-corrected chi connectivity index (χ1v) is 7.59. The Balaban J connectivity index is 1.73. The number of carboxylic acid groups (broad SMARTS) is 1. The van der Waals surface area contributed by atoms with Crippen LogP contribution < -0.4 is 0 Å². The Morgan fingerprint density at radius 3 is 2.79 bits per heavy atom. The fourth-order valence-electron chi connectivity index (χ4n) is 2.54. The van der Waals surface area contributed by atoms with E-state index < -0.39 is 11.9 Å². The van der Waals surface area contributed by atoms with E-state index >= 15 is 0 Å². The van der Waals surface area contributed by atoms with Crippen LogP contribution >= 0.6 is 0 Å². The molecule has 2 heterocycles. The van der Waals surface area contributed by atoms with E-state index in [0.29, 0.717) is 19.5 Å². The van der Waals surface area contributed by atoms with Crippen molar-refractivity contribution in [1.29, 1.82) is 0 Å². The second-order valence-electron chi connectivity index (χ2n) is 5.27. The van der Waals surface area contributed by atoms with Gasteiger partial charge >= 0.3 is 5.97 Å². The molecule has 3 aromatic rings. The van der Waals surface area contributed by atoms with Crippen LogP contribution in [-0.2, 0) is 6.42 Å². The fraction of sp³-hybridized carbons (Fsp3) is 0.250. The van der Waals surface area contributed by atoms with Crippen LogP contribution in [0.15, 0.2) is 30.6 Å². The van der Waals surface area contributed by atoms with Crippen LogP contribution in [0.3, 0.4) is 0 Å². The van der Waals surface area contributed by atoms with Crippen LogP contribution in [-0.4, -0.2) is 54.9 Å². The van der Waals surface area contributed by atoms with Crippen LogP contribution in [0.1, 0.15) is 33.7 Å². The highest BCUT2D eigenvalue weighted by atomic mass is 16.4. The standard InChI is InChI=1S/C16H17N5O3/c1-2-21(15(22)13-14(16(23)24)18-9-17-13)8-7-12-19-10-5-3-4-6-11(10)20-12/h3-6,9H,2,7-8H2,1H3,(H,17,18)(H,19,20)(H,23,24). The number of rotatable bonds is 6. The minimum absolute atomic E-state index is 0.0750. The first-order valence-electron chi connectivity index (χ1n) is 7.59. The summed E-state index contributed by atoms with van der Waals surface area (Å²) in [7, 11) is 0. The highest BCUT2D eigenvalue weighted by molar-refractivity contribution is 6.02. The van der Waals surface area contributed by atoms with Crippen LogP contribution in [0, 0.1) is 0 Å². The summed E-state index contributed by atoms with van der Waals surface area (Å²) in [6, 6.07) is 7.70. The van der Waals surface area contributed by atoms with Gasteiger partial charge in [-0.1, -0.05) is 12.1 Å². The third-order valence-corrected chi connectivity index (χ3v) is 3.78. The van der Waals surface area contributed by atoms with Crippen molar-refractivity contribution in [2.75, 3.05) is 13.1 Å². The van der Waals surface area contributed by atoms with E-state index in [0.717, 1.165) is 16.9 Å². The molecule has 0 saturated heterocycles. The van der Waals surface area contributed by atoms with Gasteiger partial charge < -0.3 is 20.0 Å². The normalized spacial score (nSPS) is 10.9. The lowest BCUT2D eigenvalue weighted by Gasteiger charge is -2.19. The number of amides is 1. The molecule has 0 spiro atoms. The maximum Gasteiger partial charge on any atom is 0.354 e. The number of aromatic nitrogens is 4. The van der Waals surface area contributed by atoms with Crippen molar-refractivity contribution < 1.29 is 14.7 Å². The predicted molar refractivity (Wildman–Crippen MR) is 86.9 cm³/mol. The van der Waals surface area contributed by atoms with Gasteiger partial charge in [0.1, 0.15) is 5.82 Å². The third-order valence-electron chi connectivity index (χ3n) is 3.78. The minimum Gasteiger partial charge on any atom is -0.477 e. The Bertz CT molecular complexity index is 850. The van der Waals surface area contributed by atoms with E-state index in [-0.39, 0.29) is 11.4 Å². The van der Waals surface area contributed by atoms with E-state index in [1.54, 1.807) is 4.90 Å². The number of hydrogen-bond acceptors (Lipinski definition) is 4. The number of fused-ring (bicyclic) bond motifs is 1. The lowest BCUT2D eigenvalue weighted by Crippen LogP contribution is -2.34. The Kier molecular flexibility index (Phi) is 4.28. The van der Waals surface area contributed by atoms with Crippen molar-refractivity contribution in [3.05, 3.63) is 47.8 Å². The van der Waals surface area contributed by atoms with Crippen molar-refractivity contribution in [3.8, 4) is 0 Å². The summed E-state index contributed by atoms with van der Waals surface area (Å²) in [6.45, 7) is 2.70. The number of benzene rings is 1. The molecule has 0 radical (unpaired) electrons. The molecule has 0 atom stereocenters. The highest BCUT2D eigenvalue weighted by Gasteiger charge is 2.23. The average molecular weight is 327 g/mol. The molecule has 8 nitrogen and oxygen atoms in total. The number of carboxylic acids is 1. The fourth-order valence-corrected chi connectivity index (χ4v) is 2.54. The van der Waals surface area contributed by atoms with Crippen molar-refractivity contribution >= 4 is 22.9 Å². The summed E-state index contributed by atoms with van der Waals surface area (Å²) in [5.41, 5.74) is 1.56. The van der Waals surface area contributed by atoms with E-state index in [1.165, 1.54) is 6.33 Å². The molecule has 0 aliphatic rings. The average Bonchev–Trinajstić information content (AvgIpc) is 3.21. The zero-order valence-corrected chi connectivity index (χ0v) is 13.1. The first-order chi connectivity index (χ1) is 11.6. The molecule has 0 fully saturated rings. The Morgan fingerprint density at radius 2 is 2.08 bits per heavy atom. The summed E-state index contributed by atoms with van der Waals surface area (Å²) in [5, 5.41) is 9.09. The minimum atomic E-state index is -1.20. The monoisotopic (exact) mass is 327 g/mol. The molecule has 0 unspecified atom stereocenters. The Morgan fingerprint density at radius 1 is 1.29 bits per heavy atom. The Hall–Kier alpha value is -3.16. The van der Waals surface area contributed by atoms with Crippen LogP contribution in [0.25, 0.3) is 11.0 Å². The van der Waals surface area contributed by atoms with Crippen molar-refractivity contribution in [2.24, 2.45) is 0 Å². The molecular weight excluding hydrogens is 310 g/mol. The molecule has 24 heavy (non-hydrogen) atoms. The number of para-hydroxylation sites is 2. The van der Waals surface area contributed by atoms with Crippen molar-refractivity contribution in [1.82, 2.24) is 24.8 Å². The molecule has 2 aromatic heterocycles. The summed E-state index contributed by atoms with van der Waals surface area (Å²) in [5.74, 6) is -0.834. The van der Waals surface area contributed by atoms with Gasteiger partial charge in [0.2, 0.25) is 0 Å². The largest absolute Gasteiger partial charge is 0.477 e. The molecule has 0 aliphatic carbocycles. The molecule has 3 rings (SSSR count). The third kappa shape index (κ3) is 2.98. The number of carbonyl (C=O) groups excluding carboxylic acids is 1. The number of H-pyrrole nitrogens is 2. The number of imidazole rings is 2. The number of aromatic amines is 2. The van der Waals surface area contributed by atoms with E-state index in [2.05, 4.69) is 19.9 Å². The second-order valence-corrected chi connectivity index (χ2v) is 5.27. The lowest BCUT2D eigenvalue weighted by atomic mass is 10.2. The van der Waals surface area contributed by atoms with E-state index in [1.807, 2.05) is 31.2 Å². The summed E-state index contributed by atoms with van der Waals surface area (Å²) < 4.78 is 0. The van der Waals surface area contributed by atoms with Gasteiger partial charge in [0.25, 0.3) is 5.91 Å². The van der Waals surface area contributed by atoms with Gasteiger partial charge in [-0.05, 0) is 19.1 Å². The number of nitrogens with zero attached hydrogens (tertiary/aromatic N) is 3. The number of likely N-dealkylation sites (N-methyl/N-ethyl adjacent to an activating group) is 1. The Labute approximate surface area is 137 Å². The molecule has 8 heteroatoms. The molecule has 124 valence electrons. The summed E-state index contributed by atoms with van der Waals surface area (Å²) in [6.07, 6.45) is 1.75. The molecule has 0 bridgehead atoms. The van der Waals surface area contributed by atoms with Crippen LogP contribution in [0.2, 0.25) is 0 Å². The van der Waals surface area contributed by atoms with Gasteiger partial charge in [-0.2, -0.15) is 0 Å². The van der Waals surface area contributed by atoms with Crippen molar-refractivity contribution in [2.45, 2.75) is 13.3 Å². The van der Waals surface area contributed by atoms with Gasteiger partial charge in [-0.25, -0.2) is 14.8 Å². The maximum absolute atomic E-state index is 12.5.